The number of hydrogen-bond donors (Lipinski definition) is 1. The Morgan fingerprint density at radius 2 is 1.86 bits per heavy atom. The van der Waals surface area contributed by atoms with Crippen LogP contribution in [0.25, 0.3) is 0 Å². The maximum atomic E-state index is 11.8. The van der Waals surface area contributed by atoms with Crippen molar-refractivity contribution in [1.29, 1.82) is 0 Å². The van der Waals surface area contributed by atoms with Crippen LogP contribution in [0.4, 0.5) is 0 Å². The van der Waals surface area contributed by atoms with Gasteiger partial charge in [-0.3, -0.25) is 9.69 Å². The Morgan fingerprint density at radius 3 is 2.43 bits per heavy atom. The van der Waals surface area contributed by atoms with Crippen molar-refractivity contribution in [2.24, 2.45) is 0 Å². The van der Waals surface area contributed by atoms with Gasteiger partial charge in [0.15, 0.2) is 0 Å². The zero-order valence-corrected chi connectivity index (χ0v) is 12.7. The van der Waals surface area contributed by atoms with E-state index in [9.17, 15) is 9.90 Å². The molecule has 3 rings (SSSR count). The van der Waals surface area contributed by atoms with Crippen LogP contribution in [0.1, 0.15) is 30.4 Å². The van der Waals surface area contributed by atoms with Crippen LogP contribution in [-0.2, 0) is 16.8 Å². The number of likely N-dealkylation sites (N-methyl/N-ethyl adjacent to an activating group) is 1. The van der Waals surface area contributed by atoms with Crippen molar-refractivity contribution in [3.8, 4) is 0 Å². The minimum Gasteiger partial charge on any atom is -0.481 e. The zero-order chi connectivity index (χ0) is 14.9. The average Bonchev–Trinajstić information content (AvgIpc) is 2.41. The first-order valence-electron chi connectivity index (χ1n) is 7.84. The fourth-order valence-electron chi connectivity index (χ4n) is 3.50. The molecule has 0 unspecified atom stereocenters. The summed E-state index contributed by atoms with van der Waals surface area (Å²) in [6, 6.07) is 8.14. The Balaban J connectivity index is 1.81. The molecule has 1 saturated heterocycles. The number of aliphatic carboxylic acids is 1. The molecule has 1 aromatic rings. The van der Waals surface area contributed by atoms with Crippen LogP contribution >= 0.6 is 0 Å². The number of carboxylic acid groups (broad SMARTS) is 1. The molecule has 1 N–H and O–H groups in total. The first kappa shape index (κ1) is 14.5. The van der Waals surface area contributed by atoms with Crippen LogP contribution in [0.15, 0.2) is 24.3 Å². The van der Waals surface area contributed by atoms with Gasteiger partial charge in [0.05, 0.1) is 5.41 Å². The number of carbonyl (C=O) groups is 1. The van der Waals surface area contributed by atoms with Crippen LogP contribution in [-0.4, -0.2) is 54.1 Å². The van der Waals surface area contributed by atoms with Crippen molar-refractivity contribution in [3.63, 3.8) is 0 Å². The lowest BCUT2D eigenvalue weighted by molar-refractivity contribution is -0.147. The van der Waals surface area contributed by atoms with Gasteiger partial charge in [-0.2, -0.15) is 0 Å². The van der Waals surface area contributed by atoms with Crippen LogP contribution in [0.3, 0.4) is 0 Å². The number of hydrogen-bond acceptors (Lipinski definition) is 3. The molecule has 0 radical (unpaired) electrons. The van der Waals surface area contributed by atoms with E-state index in [-0.39, 0.29) is 0 Å². The van der Waals surface area contributed by atoms with Crippen molar-refractivity contribution in [2.75, 3.05) is 33.2 Å². The second-order valence-corrected chi connectivity index (χ2v) is 6.48. The molecule has 0 spiro atoms. The lowest BCUT2D eigenvalue weighted by Gasteiger charge is -2.40. The van der Waals surface area contributed by atoms with Crippen molar-refractivity contribution in [1.82, 2.24) is 9.80 Å². The summed E-state index contributed by atoms with van der Waals surface area (Å²) in [7, 11) is 2.15. The fourth-order valence-corrected chi connectivity index (χ4v) is 3.50. The molecule has 21 heavy (non-hydrogen) atoms. The predicted molar refractivity (Wildman–Crippen MR) is 82.4 cm³/mol. The molecule has 1 saturated carbocycles. The first-order chi connectivity index (χ1) is 10.1. The van der Waals surface area contributed by atoms with E-state index < -0.39 is 11.4 Å². The van der Waals surface area contributed by atoms with Gasteiger partial charge in [-0.25, -0.2) is 0 Å². The minimum absolute atomic E-state index is 0.622. The monoisotopic (exact) mass is 288 g/mol. The molecule has 1 aliphatic carbocycles. The van der Waals surface area contributed by atoms with Gasteiger partial charge in [0, 0.05) is 32.7 Å². The average molecular weight is 288 g/mol. The van der Waals surface area contributed by atoms with Gasteiger partial charge in [0.2, 0.25) is 0 Å². The summed E-state index contributed by atoms with van der Waals surface area (Å²) in [4.78, 5) is 16.5. The fraction of sp³-hybridized carbons (Fsp3) is 0.588. The summed E-state index contributed by atoms with van der Waals surface area (Å²) in [6.07, 6.45) is 2.58. The summed E-state index contributed by atoms with van der Waals surface area (Å²) >= 11 is 0. The standard InChI is InChI=1S/C17H24N2O2/c1-18-9-11-19(12-10-18)13-14-5-2-3-6-15(14)17(16(20)21)7-4-8-17/h2-3,5-6H,4,7-13H2,1H3,(H,20,21). The van der Waals surface area contributed by atoms with Crippen molar-refractivity contribution in [3.05, 3.63) is 35.4 Å². The maximum Gasteiger partial charge on any atom is 0.314 e. The van der Waals surface area contributed by atoms with E-state index in [4.69, 9.17) is 0 Å². The highest BCUT2D eigenvalue weighted by Crippen LogP contribution is 2.45. The maximum absolute atomic E-state index is 11.8. The SMILES string of the molecule is CN1CCN(Cc2ccccc2C2(C(=O)O)CCC2)CC1. The summed E-state index contributed by atoms with van der Waals surface area (Å²) in [5.41, 5.74) is 1.62. The molecule has 2 aliphatic rings. The Bertz CT molecular complexity index is 517. The number of benzene rings is 1. The normalized spacial score (nSPS) is 22.7. The summed E-state index contributed by atoms with van der Waals surface area (Å²) in [5.74, 6) is -0.653. The largest absolute Gasteiger partial charge is 0.481 e. The van der Waals surface area contributed by atoms with E-state index in [1.165, 1.54) is 5.56 Å². The zero-order valence-electron chi connectivity index (χ0n) is 12.7. The second kappa shape index (κ2) is 5.78. The molecule has 4 nitrogen and oxygen atoms in total. The Kier molecular flexibility index (Phi) is 4.00. The van der Waals surface area contributed by atoms with E-state index in [1.54, 1.807) is 0 Å². The first-order valence-corrected chi connectivity index (χ1v) is 7.84. The highest BCUT2D eigenvalue weighted by molar-refractivity contribution is 5.83. The molecule has 0 aromatic heterocycles. The molecule has 114 valence electrons. The predicted octanol–water partition coefficient (Wildman–Crippen LogP) is 1.94. The van der Waals surface area contributed by atoms with Crippen LogP contribution in [0.2, 0.25) is 0 Å². The van der Waals surface area contributed by atoms with Crippen molar-refractivity contribution >= 4 is 5.97 Å². The molecular formula is C17H24N2O2. The van der Waals surface area contributed by atoms with E-state index >= 15 is 0 Å². The summed E-state index contributed by atoms with van der Waals surface area (Å²) < 4.78 is 0. The third-order valence-corrected chi connectivity index (χ3v) is 5.14. The van der Waals surface area contributed by atoms with E-state index in [1.807, 2.05) is 18.2 Å². The highest BCUT2D eigenvalue weighted by Gasteiger charge is 2.47. The minimum atomic E-state index is -0.653. The number of rotatable bonds is 4. The second-order valence-electron chi connectivity index (χ2n) is 6.48. The Morgan fingerprint density at radius 1 is 1.19 bits per heavy atom. The van der Waals surface area contributed by atoms with Crippen LogP contribution in [0, 0.1) is 0 Å². The van der Waals surface area contributed by atoms with Crippen molar-refractivity contribution in [2.45, 2.75) is 31.2 Å². The number of piperazine rings is 1. The Hall–Kier alpha value is -1.39. The molecular weight excluding hydrogens is 264 g/mol. The van der Waals surface area contributed by atoms with Gasteiger partial charge in [-0.15, -0.1) is 0 Å². The lowest BCUT2D eigenvalue weighted by Crippen LogP contribution is -2.46. The highest BCUT2D eigenvalue weighted by atomic mass is 16.4. The molecule has 0 bridgehead atoms. The van der Waals surface area contributed by atoms with Gasteiger partial charge in [0.25, 0.3) is 0 Å². The van der Waals surface area contributed by atoms with Gasteiger partial charge in [-0.05, 0) is 31.0 Å². The molecule has 4 heteroatoms. The number of nitrogens with zero attached hydrogens (tertiary/aromatic N) is 2. The molecule has 2 fully saturated rings. The van der Waals surface area contributed by atoms with Gasteiger partial charge >= 0.3 is 5.97 Å². The van der Waals surface area contributed by atoms with Crippen LogP contribution in [0.5, 0.6) is 0 Å². The van der Waals surface area contributed by atoms with Gasteiger partial charge < -0.3 is 10.0 Å². The van der Waals surface area contributed by atoms with Gasteiger partial charge in [0.1, 0.15) is 0 Å². The third kappa shape index (κ3) is 2.70. The molecule has 0 amide bonds. The third-order valence-electron chi connectivity index (χ3n) is 5.14. The molecule has 1 aromatic carbocycles. The van der Waals surface area contributed by atoms with E-state index in [0.717, 1.165) is 57.5 Å². The summed E-state index contributed by atoms with van der Waals surface area (Å²) in [6.45, 7) is 5.17. The van der Waals surface area contributed by atoms with E-state index in [0.29, 0.717) is 0 Å². The molecule has 1 aliphatic heterocycles. The van der Waals surface area contributed by atoms with Gasteiger partial charge in [-0.1, -0.05) is 30.7 Å². The molecule has 1 heterocycles. The van der Waals surface area contributed by atoms with Crippen molar-refractivity contribution < 1.29 is 9.90 Å². The number of carboxylic acids is 1. The quantitative estimate of drug-likeness (QED) is 0.919. The lowest BCUT2D eigenvalue weighted by atomic mass is 9.63. The van der Waals surface area contributed by atoms with Crippen LogP contribution < -0.4 is 0 Å². The topological polar surface area (TPSA) is 43.8 Å². The molecule has 0 atom stereocenters. The smallest absolute Gasteiger partial charge is 0.314 e. The summed E-state index contributed by atoms with van der Waals surface area (Å²) in [5, 5.41) is 9.68. The van der Waals surface area contributed by atoms with E-state index in [2.05, 4.69) is 22.9 Å². The Labute approximate surface area is 126 Å².